The van der Waals surface area contributed by atoms with Crippen molar-refractivity contribution in [2.45, 2.75) is 32.4 Å². The van der Waals surface area contributed by atoms with E-state index in [4.69, 9.17) is 5.73 Å². The molecule has 1 heterocycles. The Bertz CT molecular complexity index is 414. The van der Waals surface area contributed by atoms with Gasteiger partial charge in [0.1, 0.15) is 0 Å². The van der Waals surface area contributed by atoms with Gasteiger partial charge in [0, 0.05) is 24.7 Å². The van der Waals surface area contributed by atoms with Crippen LogP contribution in [0.2, 0.25) is 0 Å². The maximum atomic E-state index is 13.6. The molecule has 0 aliphatic carbocycles. The van der Waals surface area contributed by atoms with Crippen molar-refractivity contribution in [2.75, 3.05) is 13.1 Å². The van der Waals surface area contributed by atoms with Crippen molar-refractivity contribution in [2.24, 2.45) is 11.7 Å². The van der Waals surface area contributed by atoms with Gasteiger partial charge in [0.2, 0.25) is 0 Å². The van der Waals surface area contributed by atoms with Crippen molar-refractivity contribution < 1.29 is 8.78 Å². The van der Waals surface area contributed by atoms with Gasteiger partial charge in [-0.25, -0.2) is 8.78 Å². The first-order chi connectivity index (χ1) is 8.61. The summed E-state index contributed by atoms with van der Waals surface area (Å²) in [4.78, 5) is 2.16. The third-order valence-electron chi connectivity index (χ3n) is 3.78. The fourth-order valence-corrected chi connectivity index (χ4v) is 2.64. The standard InChI is InChI=1S/C14H20F2N2.ClH/c1-10-5-6-18(12(7-10)8-17)9-11-3-2-4-13(15)14(11)16;/h2-4,10,12H,5-9,17H2,1H3;1H. The molecule has 0 spiro atoms. The second-order valence-electron chi connectivity index (χ2n) is 5.20. The number of nitrogens with two attached hydrogens (primary N) is 1. The maximum absolute atomic E-state index is 13.6. The summed E-state index contributed by atoms with van der Waals surface area (Å²) >= 11 is 0. The van der Waals surface area contributed by atoms with Crippen molar-refractivity contribution in [1.82, 2.24) is 4.90 Å². The zero-order chi connectivity index (χ0) is 13.1. The molecule has 0 aromatic heterocycles. The number of benzene rings is 1. The van der Waals surface area contributed by atoms with Gasteiger partial charge >= 0.3 is 0 Å². The summed E-state index contributed by atoms with van der Waals surface area (Å²) in [5.74, 6) is -0.846. The SMILES string of the molecule is CC1CCN(Cc2cccc(F)c2F)C(CN)C1.Cl. The Labute approximate surface area is 119 Å². The van der Waals surface area contributed by atoms with Crippen molar-refractivity contribution in [3.05, 3.63) is 35.4 Å². The van der Waals surface area contributed by atoms with Gasteiger partial charge in [-0.2, -0.15) is 0 Å². The first-order valence-electron chi connectivity index (χ1n) is 6.48. The summed E-state index contributed by atoms with van der Waals surface area (Å²) in [5.41, 5.74) is 6.19. The monoisotopic (exact) mass is 290 g/mol. The average molecular weight is 291 g/mol. The van der Waals surface area contributed by atoms with E-state index in [0.29, 0.717) is 24.6 Å². The zero-order valence-corrected chi connectivity index (χ0v) is 11.9. The van der Waals surface area contributed by atoms with Gasteiger partial charge in [0.15, 0.2) is 11.6 Å². The second-order valence-corrected chi connectivity index (χ2v) is 5.20. The minimum Gasteiger partial charge on any atom is -0.329 e. The minimum absolute atomic E-state index is 0. The molecule has 108 valence electrons. The van der Waals surface area contributed by atoms with Crippen LogP contribution in [0.25, 0.3) is 0 Å². The minimum atomic E-state index is -0.776. The van der Waals surface area contributed by atoms with Gasteiger partial charge in [-0.05, 0) is 31.4 Å². The fourth-order valence-electron chi connectivity index (χ4n) is 2.64. The van der Waals surface area contributed by atoms with Gasteiger partial charge in [0.25, 0.3) is 0 Å². The van der Waals surface area contributed by atoms with Gasteiger partial charge in [-0.3, -0.25) is 4.90 Å². The van der Waals surface area contributed by atoms with E-state index in [1.165, 1.54) is 0 Å². The summed E-state index contributed by atoms with van der Waals surface area (Å²) in [7, 11) is 0. The van der Waals surface area contributed by atoms with E-state index in [9.17, 15) is 8.78 Å². The van der Waals surface area contributed by atoms with Crippen LogP contribution >= 0.6 is 12.4 Å². The highest BCUT2D eigenvalue weighted by Gasteiger charge is 2.26. The Morgan fingerprint density at radius 2 is 2.11 bits per heavy atom. The first kappa shape index (κ1) is 16.3. The largest absolute Gasteiger partial charge is 0.329 e. The van der Waals surface area contributed by atoms with E-state index in [1.54, 1.807) is 12.1 Å². The predicted molar refractivity (Wildman–Crippen MR) is 75.3 cm³/mol. The van der Waals surface area contributed by atoms with Crippen LogP contribution in [-0.4, -0.2) is 24.0 Å². The number of halogens is 3. The van der Waals surface area contributed by atoms with Crippen LogP contribution in [-0.2, 0) is 6.54 Å². The number of likely N-dealkylation sites (tertiary alicyclic amines) is 1. The van der Waals surface area contributed by atoms with E-state index in [2.05, 4.69) is 11.8 Å². The topological polar surface area (TPSA) is 29.3 Å². The number of hydrogen-bond donors (Lipinski definition) is 1. The van der Waals surface area contributed by atoms with Crippen LogP contribution in [0.15, 0.2) is 18.2 Å². The summed E-state index contributed by atoms with van der Waals surface area (Å²) in [6, 6.07) is 4.62. The third-order valence-corrected chi connectivity index (χ3v) is 3.78. The van der Waals surface area contributed by atoms with Gasteiger partial charge in [0.05, 0.1) is 0 Å². The number of piperidine rings is 1. The highest BCUT2D eigenvalue weighted by molar-refractivity contribution is 5.85. The molecule has 0 amide bonds. The Hall–Kier alpha value is -0.710. The van der Waals surface area contributed by atoms with Crippen LogP contribution in [0, 0.1) is 17.6 Å². The Morgan fingerprint density at radius 1 is 1.37 bits per heavy atom. The van der Waals surface area contributed by atoms with Crippen molar-refractivity contribution in [3.63, 3.8) is 0 Å². The van der Waals surface area contributed by atoms with Crippen LogP contribution in [0.3, 0.4) is 0 Å². The molecule has 2 nitrogen and oxygen atoms in total. The summed E-state index contributed by atoms with van der Waals surface area (Å²) in [5, 5.41) is 0. The van der Waals surface area contributed by atoms with Crippen molar-refractivity contribution >= 4 is 12.4 Å². The lowest BCUT2D eigenvalue weighted by Gasteiger charge is -2.38. The smallest absolute Gasteiger partial charge is 0.163 e. The molecule has 1 saturated heterocycles. The molecule has 2 rings (SSSR count). The van der Waals surface area contributed by atoms with Crippen molar-refractivity contribution in [1.29, 1.82) is 0 Å². The molecule has 2 unspecified atom stereocenters. The molecule has 5 heteroatoms. The number of nitrogens with zero attached hydrogens (tertiary/aromatic N) is 1. The van der Waals surface area contributed by atoms with E-state index >= 15 is 0 Å². The predicted octanol–water partition coefficient (Wildman–Crippen LogP) is 2.95. The quantitative estimate of drug-likeness (QED) is 0.927. The molecule has 0 radical (unpaired) electrons. The van der Waals surface area contributed by atoms with Crippen LogP contribution < -0.4 is 5.73 Å². The normalized spacial score (nSPS) is 24.0. The number of hydrogen-bond acceptors (Lipinski definition) is 2. The van der Waals surface area contributed by atoms with Gasteiger partial charge < -0.3 is 5.73 Å². The molecule has 1 fully saturated rings. The Morgan fingerprint density at radius 3 is 2.79 bits per heavy atom. The molecule has 0 bridgehead atoms. The number of rotatable bonds is 3. The van der Waals surface area contributed by atoms with Crippen LogP contribution in [0.1, 0.15) is 25.3 Å². The van der Waals surface area contributed by atoms with Gasteiger partial charge in [-0.1, -0.05) is 19.1 Å². The molecule has 1 aliphatic heterocycles. The average Bonchev–Trinajstić information content (AvgIpc) is 2.37. The van der Waals surface area contributed by atoms with E-state index < -0.39 is 11.6 Å². The lowest BCUT2D eigenvalue weighted by Crippen LogP contribution is -2.45. The van der Waals surface area contributed by atoms with E-state index in [0.717, 1.165) is 25.5 Å². The highest BCUT2D eigenvalue weighted by Crippen LogP contribution is 2.24. The van der Waals surface area contributed by atoms with Gasteiger partial charge in [-0.15, -0.1) is 12.4 Å². The summed E-state index contributed by atoms with van der Waals surface area (Å²) in [6.45, 7) is 4.13. The summed E-state index contributed by atoms with van der Waals surface area (Å²) in [6.07, 6.45) is 2.13. The molecular weight excluding hydrogens is 270 g/mol. The lowest BCUT2D eigenvalue weighted by molar-refractivity contribution is 0.113. The third kappa shape index (κ3) is 3.88. The first-order valence-corrected chi connectivity index (χ1v) is 6.48. The molecular formula is C14H21ClF2N2. The van der Waals surface area contributed by atoms with E-state index in [1.807, 2.05) is 0 Å². The second kappa shape index (κ2) is 7.17. The summed E-state index contributed by atoms with van der Waals surface area (Å²) < 4.78 is 26.8. The Balaban J connectivity index is 0.00000180. The zero-order valence-electron chi connectivity index (χ0n) is 11.1. The van der Waals surface area contributed by atoms with Crippen molar-refractivity contribution in [3.8, 4) is 0 Å². The molecule has 1 aromatic rings. The van der Waals surface area contributed by atoms with E-state index in [-0.39, 0.29) is 18.4 Å². The molecule has 2 N–H and O–H groups in total. The molecule has 2 atom stereocenters. The highest BCUT2D eigenvalue weighted by atomic mass is 35.5. The van der Waals surface area contributed by atoms with Crippen LogP contribution in [0.5, 0.6) is 0 Å². The lowest BCUT2D eigenvalue weighted by atomic mass is 9.92. The van der Waals surface area contributed by atoms with Crippen LogP contribution in [0.4, 0.5) is 8.78 Å². The molecule has 1 aliphatic rings. The fraction of sp³-hybridized carbons (Fsp3) is 0.571. The molecule has 0 saturated carbocycles. The molecule has 19 heavy (non-hydrogen) atoms. The molecule has 1 aromatic carbocycles. The Kier molecular flexibility index (Phi) is 6.17. The maximum Gasteiger partial charge on any atom is 0.163 e.